The van der Waals surface area contributed by atoms with Gasteiger partial charge >= 0.3 is 12.2 Å². The molecule has 0 aliphatic carbocycles. The number of carbonyl (C=O) groups excluding carboxylic acids is 1. The highest BCUT2D eigenvalue weighted by Gasteiger charge is 2.31. The predicted octanol–water partition coefficient (Wildman–Crippen LogP) is 5.29. The first-order valence-corrected chi connectivity index (χ1v) is 9.63. The van der Waals surface area contributed by atoms with Crippen LogP contribution in [-0.4, -0.2) is 29.2 Å². The third kappa shape index (κ3) is 4.60. The Morgan fingerprint density at radius 2 is 2.00 bits per heavy atom. The lowest BCUT2D eigenvalue weighted by molar-refractivity contribution is -0.137. The number of urea groups is 1. The van der Waals surface area contributed by atoms with Gasteiger partial charge in [-0.15, -0.1) is 0 Å². The standard InChI is InChI=1S/C22H19F3N4O2/c1-14-10-17(13-26-12-14)27-21(30)29-8-3-9-31-19-7-6-18(28-20(19)29)15-4-2-5-16(11-15)22(23,24)25/h2,4-7,10-13H,3,8-9H2,1H3,(H,27,30). The number of carbonyl (C=O) groups is 1. The highest BCUT2D eigenvalue weighted by molar-refractivity contribution is 6.02. The topological polar surface area (TPSA) is 67.4 Å². The van der Waals surface area contributed by atoms with Crippen LogP contribution in [0.2, 0.25) is 0 Å². The molecule has 2 aromatic heterocycles. The van der Waals surface area contributed by atoms with Gasteiger partial charge in [0, 0.05) is 18.3 Å². The fraction of sp³-hybridized carbons (Fsp3) is 0.227. The van der Waals surface area contributed by atoms with E-state index in [-0.39, 0.29) is 5.82 Å². The van der Waals surface area contributed by atoms with Crippen LogP contribution in [0.25, 0.3) is 11.3 Å². The Bertz CT molecular complexity index is 1120. The van der Waals surface area contributed by atoms with Crippen LogP contribution in [-0.2, 0) is 6.18 Å². The van der Waals surface area contributed by atoms with E-state index in [4.69, 9.17) is 4.74 Å². The number of nitrogens with zero attached hydrogens (tertiary/aromatic N) is 3. The zero-order valence-electron chi connectivity index (χ0n) is 16.6. The Hall–Kier alpha value is -3.62. The molecular formula is C22H19F3N4O2. The number of rotatable bonds is 2. The van der Waals surface area contributed by atoms with E-state index in [2.05, 4.69) is 15.3 Å². The van der Waals surface area contributed by atoms with E-state index in [1.807, 2.05) is 6.92 Å². The third-order valence-electron chi connectivity index (χ3n) is 4.74. The minimum Gasteiger partial charge on any atom is -0.490 e. The van der Waals surface area contributed by atoms with E-state index in [1.165, 1.54) is 17.2 Å². The molecule has 0 atom stereocenters. The van der Waals surface area contributed by atoms with Crippen LogP contribution in [0.4, 0.5) is 29.5 Å². The van der Waals surface area contributed by atoms with Crippen LogP contribution in [0, 0.1) is 6.92 Å². The van der Waals surface area contributed by atoms with Gasteiger partial charge in [0.25, 0.3) is 0 Å². The molecule has 0 saturated carbocycles. The number of anilines is 2. The maximum Gasteiger partial charge on any atom is 0.416 e. The molecule has 0 fully saturated rings. The number of aromatic nitrogens is 2. The monoisotopic (exact) mass is 428 g/mol. The van der Waals surface area contributed by atoms with Gasteiger partial charge < -0.3 is 10.1 Å². The molecule has 2 amide bonds. The molecule has 3 aromatic rings. The number of alkyl halides is 3. The first-order valence-electron chi connectivity index (χ1n) is 9.63. The summed E-state index contributed by atoms with van der Waals surface area (Å²) >= 11 is 0. The summed E-state index contributed by atoms with van der Waals surface area (Å²) in [6.07, 6.45) is -0.673. The van der Waals surface area contributed by atoms with Crippen molar-refractivity contribution >= 4 is 17.5 Å². The quantitative estimate of drug-likeness (QED) is 0.602. The number of nitrogens with one attached hydrogen (secondary N) is 1. The lowest BCUT2D eigenvalue weighted by Gasteiger charge is -2.22. The summed E-state index contributed by atoms with van der Waals surface area (Å²) in [5.41, 5.74) is 1.27. The number of fused-ring (bicyclic) bond motifs is 1. The summed E-state index contributed by atoms with van der Waals surface area (Å²) in [4.78, 5) is 22.9. The van der Waals surface area contributed by atoms with E-state index in [0.717, 1.165) is 17.7 Å². The fourth-order valence-electron chi connectivity index (χ4n) is 3.28. The molecule has 4 rings (SSSR count). The van der Waals surface area contributed by atoms with Crippen LogP contribution < -0.4 is 15.0 Å². The summed E-state index contributed by atoms with van der Waals surface area (Å²) < 4.78 is 45.0. The molecule has 1 aliphatic heterocycles. The number of pyridine rings is 2. The largest absolute Gasteiger partial charge is 0.490 e. The molecule has 9 heteroatoms. The molecule has 0 saturated heterocycles. The Labute approximate surface area is 176 Å². The number of ether oxygens (including phenoxy) is 1. The van der Waals surface area contributed by atoms with E-state index >= 15 is 0 Å². The second-order valence-corrected chi connectivity index (χ2v) is 7.13. The normalized spacial score (nSPS) is 13.7. The van der Waals surface area contributed by atoms with E-state index in [9.17, 15) is 18.0 Å². The van der Waals surface area contributed by atoms with Crippen molar-refractivity contribution in [2.45, 2.75) is 19.5 Å². The SMILES string of the molecule is Cc1cncc(NC(=O)N2CCCOc3ccc(-c4cccc(C(F)(F)F)c4)nc32)c1. The van der Waals surface area contributed by atoms with Crippen molar-refractivity contribution in [3.63, 3.8) is 0 Å². The zero-order valence-corrected chi connectivity index (χ0v) is 16.6. The number of hydrogen-bond donors (Lipinski definition) is 1. The number of hydrogen-bond acceptors (Lipinski definition) is 4. The molecular weight excluding hydrogens is 409 g/mol. The predicted molar refractivity (Wildman–Crippen MR) is 110 cm³/mol. The van der Waals surface area contributed by atoms with Gasteiger partial charge in [-0.2, -0.15) is 13.2 Å². The molecule has 1 N–H and O–H groups in total. The lowest BCUT2D eigenvalue weighted by atomic mass is 10.1. The van der Waals surface area contributed by atoms with E-state index in [1.54, 1.807) is 30.5 Å². The Morgan fingerprint density at radius 3 is 2.77 bits per heavy atom. The van der Waals surface area contributed by atoms with Crippen molar-refractivity contribution in [3.8, 4) is 17.0 Å². The Kier molecular flexibility index (Phi) is 5.50. The summed E-state index contributed by atoms with van der Waals surface area (Å²) in [6.45, 7) is 2.60. The number of halogens is 3. The van der Waals surface area contributed by atoms with Gasteiger partial charge in [-0.1, -0.05) is 12.1 Å². The molecule has 0 bridgehead atoms. The van der Waals surface area contributed by atoms with Crippen molar-refractivity contribution < 1.29 is 22.7 Å². The second-order valence-electron chi connectivity index (χ2n) is 7.13. The van der Waals surface area contributed by atoms with Crippen LogP contribution in [0.5, 0.6) is 5.75 Å². The maximum absolute atomic E-state index is 13.1. The van der Waals surface area contributed by atoms with Gasteiger partial charge in [0.05, 0.1) is 29.7 Å². The molecule has 3 heterocycles. The second kappa shape index (κ2) is 8.25. The Morgan fingerprint density at radius 1 is 1.16 bits per heavy atom. The minimum atomic E-state index is -4.46. The zero-order chi connectivity index (χ0) is 22.0. The molecule has 0 radical (unpaired) electrons. The summed E-state index contributed by atoms with van der Waals surface area (Å²) in [7, 11) is 0. The average molecular weight is 428 g/mol. The van der Waals surface area contributed by atoms with Gasteiger partial charge in [0.1, 0.15) is 0 Å². The van der Waals surface area contributed by atoms with Crippen LogP contribution in [0.3, 0.4) is 0 Å². The highest BCUT2D eigenvalue weighted by atomic mass is 19.4. The van der Waals surface area contributed by atoms with Crippen LogP contribution in [0.15, 0.2) is 54.9 Å². The molecule has 1 aromatic carbocycles. The maximum atomic E-state index is 13.1. The number of amides is 2. The molecule has 0 unspecified atom stereocenters. The number of aryl methyl sites for hydroxylation is 1. The summed E-state index contributed by atoms with van der Waals surface area (Å²) in [5.74, 6) is 0.649. The minimum absolute atomic E-state index is 0.255. The first-order chi connectivity index (χ1) is 14.8. The van der Waals surface area contributed by atoms with Gasteiger partial charge in [-0.25, -0.2) is 9.78 Å². The molecule has 31 heavy (non-hydrogen) atoms. The average Bonchev–Trinajstić information content (AvgIpc) is 2.95. The van der Waals surface area contributed by atoms with E-state index in [0.29, 0.717) is 42.3 Å². The van der Waals surface area contributed by atoms with Gasteiger partial charge in [0.15, 0.2) is 11.6 Å². The smallest absolute Gasteiger partial charge is 0.416 e. The lowest BCUT2D eigenvalue weighted by Crippen LogP contribution is -2.36. The van der Waals surface area contributed by atoms with Crippen molar-refractivity contribution in [1.29, 1.82) is 0 Å². The first kappa shape index (κ1) is 20.6. The van der Waals surface area contributed by atoms with Crippen molar-refractivity contribution in [1.82, 2.24) is 9.97 Å². The molecule has 0 spiro atoms. The molecule has 1 aliphatic rings. The van der Waals surface area contributed by atoms with Crippen molar-refractivity contribution in [3.05, 3.63) is 66.0 Å². The van der Waals surface area contributed by atoms with Gasteiger partial charge in [-0.05, 0) is 49.2 Å². The Balaban J connectivity index is 1.69. The van der Waals surface area contributed by atoms with Gasteiger partial charge in [-0.3, -0.25) is 9.88 Å². The molecule has 6 nitrogen and oxygen atoms in total. The number of benzene rings is 1. The summed E-state index contributed by atoms with van der Waals surface area (Å²) in [6, 6.07) is 9.49. The van der Waals surface area contributed by atoms with Gasteiger partial charge in [0.2, 0.25) is 0 Å². The van der Waals surface area contributed by atoms with Crippen molar-refractivity contribution in [2.24, 2.45) is 0 Å². The van der Waals surface area contributed by atoms with Crippen molar-refractivity contribution in [2.75, 3.05) is 23.4 Å². The van der Waals surface area contributed by atoms with Crippen LogP contribution in [0.1, 0.15) is 17.5 Å². The van der Waals surface area contributed by atoms with E-state index < -0.39 is 17.8 Å². The highest BCUT2D eigenvalue weighted by Crippen LogP contribution is 2.35. The molecule has 160 valence electrons. The fourth-order valence-corrected chi connectivity index (χ4v) is 3.28. The third-order valence-corrected chi connectivity index (χ3v) is 4.74. The van der Waals surface area contributed by atoms with Crippen LogP contribution >= 0.6 is 0 Å². The summed E-state index contributed by atoms with van der Waals surface area (Å²) in [5, 5.41) is 2.79.